The Labute approximate surface area is 234 Å². The number of nitrogens with one attached hydrogen (secondary N) is 1. The van der Waals surface area contributed by atoms with Crippen molar-refractivity contribution in [1.29, 1.82) is 0 Å². The molecule has 4 nitrogen and oxygen atoms in total. The van der Waals surface area contributed by atoms with Crippen molar-refractivity contribution in [2.45, 2.75) is 89.5 Å². The molecule has 0 radical (unpaired) electrons. The minimum Gasteiger partial charge on any atom is -0.332 e. The average Bonchev–Trinajstić information content (AvgIpc) is 3.27. The van der Waals surface area contributed by atoms with Crippen LogP contribution < -0.4 is 5.32 Å². The number of unbranched alkanes of at least 4 members (excludes halogenated alkanes) is 7. The van der Waals surface area contributed by atoms with Crippen LogP contribution in [0.1, 0.15) is 82.0 Å². The number of amidine groups is 1. The van der Waals surface area contributed by atoms with Gasteiger partial charge in [-0.3, -0.25) is 14.9 Å². The summed E-state index contributed by atoms with van der Waals surface area (Å²) in [5, 5.41) is 4.51. The molecule has 1 saturated heterocycles. The van der Waals surface area contributed by atoms with Crippen LogP contribution >= 0.6 is 24.0 Å². The Morgan fingerprint density at radius 3 is 2.50 bits per heavy atom. The quantitative estimate of drug-likeness (QED) is 0.195. The zero-order chi connectivity index (χ0) is 27.4. The summed E-state index contributed by atoms with van der Waals surface area (Å²) in [6.45, 7) is 5.70. The van der Waals surface area contributed by atoms with Gasteiger partial charge >= 0.3 is 6.18 Å². The van der Waals surface area contributed by atoms with Crippen molar-refractivity contribution in [2.24, 2.45) is 4.99 Å². The van der Waals surface area contributed by atoms with Gasteiger partial charge in [-0.05, 0) is 67.7 Å². The third kappa shape index (κ3) is 9.88. The Bertz CT molecular complexity index is 1060. The highest BCUT2D eigenvalue weighted by molar-refractivity contribution is 8.14. The van der Waals surface area contributed by atoms with Crippen LogP contribution in [0.4, 0.5) is 18.9 Å². The molecule has 1 atom stereocenters. The number of nitrogens with zero attached hydrogens (tertiary/aromatic N) is 3. The van der Waals surface area contributed by atoms with E-state index in [1.165, 1.54) is 55.8 Å². The Kier molecular flexibility index (Phi) is 12.4. The zero-order valence-electron chi connectivity index (χ0n) is 22.4. The third-order valence-corrected chi connectivity index (χ3v) is 8.02. The first kappa shape index (κ1) is 30.4. The highest BCUT2D eigenvalue weighted by Gasteiger charge is 2.31. The highest BCUT2D eigenvalue weighted by Crippen LogP contribution is 2.31. The van der Waals surface area contributed by atoms with Crippen LogP contribution in [-0.2, 0) is 19.0 Å². The Morgan fingerprint density at radius 2 is 1.79 bits per heavy atom. The number of aliphatic imine (C=N–C) groups is 1. The lowest BCUT2D eigenvalue weighted by molar-refractivity contribution is -0.137. The molecule has 2 aromatic rings. The molecule has 0 aliphatic carbocycles. The van der Waals surface area contributed by atoms with Crippen LogP contribution in [0.15, 0.2) is 47.6 Å². The molecular formula is C29H39F3N4S2. The second-order valence-electron chi connectivity index (χ2n) is 9.75. The number of benzene rings is 1. The number of hydrogen-bond acceptors (Lipinski definition) is 4. The van der Waals surface area contributed by atoms with Gasteiger partial charge in [-0.25, -0.2) is 0 Å². The first-order valence-electron chi connectivity index (χ1n) is 13.7. The van der Waals surface area contributed by atoms with Crippen molar-refractivity contribution in [2.75, 3.05) is 18.4 Å². The van der Waals surface area contributed by atoms with E-state index >= 15 is 0 Å². The van der Waals surface area contributed by atoms with Crippen molar-refractivity contribution in [3.05, 3.63) is 59.4 Å². The highest BCUT2D eigenvalue weighted by atomic mass is 32.2. The molecule has 0 amide bonds. The first-order chi connectivity index (χ1) is 18.3. The number of pyridine rings is 1. The fraction of sp³-hybridized carbons (Fsp3) is 0.552. The van der Waals surface area contributed by atoms with E-state index in [1.807, 2.05) is 17.2 Å². The largest absolute Gasteiger partial charge is 0.416 e. The van der Waals surface area contributed by atoms with E-state index < -0.39 is 11.7 Å². The van der Waals surface area contributed by atoms with E-state index in [0.29, 0.717) is 22.6 Å². The molecule has 208 valence electrons. The molecule has 0 spiro atoms. The fourth-order valence-electron chi connectivity index (χ4n) is 4.55. The van der Waals surface area contributed by atoms with E-state index in [9.17, 15) is 13.2 Å². The van der Waals surface area contributed by atoms with E-state index in [-0.39, 0.29) is 0 Å². The standard InChI is InChI=1S/C29H39F3N4S2/c1-3-26-23(15-13-19-33-26)14-10-8-6-4-5-7-9-11-18-34-28-36(21-22(2)38-28)27(37)35-25-17-12-16-24(20-25)29(30,31)32/h12-13,15-17,19-20,22H,3-11,14,18,21H2,1-2H3,(H,35,37). The second kappa shape index (κ2) is 15.5. The number of alkyl halides is 3. The summed E-state index contributed by atoms with van der Waals surface area (Å²) >= 11 is 7.18. The van der Waals surface area contributed by atoms with Gasteiger partial charge in [0.05, 0.1) is 5.56 Å². The number of anilines is 1. The maximum Gasteiger partial charge on any atom is 0.416 e. The van der Waals surface area contributed by atoms with E-state index in [2.05, 4.69) is 30.2 Å². The van der Waals surface area contributed by atoms with Crippen LogP contribution in [0.3, 0.4) is 0 Å². The second-order valence-corrected chi connectivity index (χ2v) is 11.5. The van der Waals surface area contributed by atoms with E-state index in [1.54, 1.807) is 17.8 Å². The van der Waals surface area contributed by atoms with Crippen LogP contribution in [0.25, 0.3) is 0 Å². The minimum absolute atomic E-state index is 0.321. The SMILES string of the molecule is CCc1ncccc1CCCCCCCCCCN=C1SC(C)CN1C(=S)Nc1cccc(C(F)(F)F)c1. The van der Waals surface area contributed by atoms with Crippen LogP contribution in [-0.4, -0.2) is 38.5 Å². The van der Waals surface area contributed by atoms with Crippen molar-refractivity contribution in [3.63, 3.8) is 0 Å². The summed E-state index contributed by atoms with van der Waals surface area (Å²) in [6, 6.07) is 9.36. The van der Waals surface area contributed by atoms with Crippen LogP contribution in [0.2, 0.25) is 0 Å². The van der Waals surface area contributed by atoms with Gasteiger partial charge in [0.2, 0.25) is 0 Å². The van der Waals surface area contributed by atoms with Crippen molar-refractivity contribution < 1.29 is 13.2 Å². The molecule has 1 aromatic heterocycles. The van der Waals surface area contributed by atoms with Gasteiger partial charge in [0.1, 0.15) is 0 Å². The zero-order valence-corrected chi connectivity index (χ0v) is 24.0. The van der Waals surface area contributed by atoms with Gasteiger partial charge in [0.25, 0.3) is 0 Å². The summed E-state index contributed by atoms with van der Waals surface area (Å²) < 4.78 is 39.1. The van der Waals surface area contributed by atoms with Gasteiger partial charge < -0.3 is 5.32 Å². The predicted molar refractivity (Wildman–Crippen MR) is 158 cm³/mol. The number of thioether (sulfide) groups is 1. The Morgan fingerprint density at radius 1 is 1.08 bits per heavy atom. The molecule has 0 saturated carbocycles. The van der Waals surface area contributed by atoms with Gasteiger partial charge in [0, 0.05) is 35.9 Å². The van der Waals surface area contributed by atoms with E-state index in [0.717, 1.165) is 49.5 Å². The van der Waals surface area contributed by atoms with Crippen molar-refractivity contribution >= 4 is 39.9 Å². The molecule has 1 aromatic carbocycles. The molecule has 1 unspecified atom stereocenters. The smallest absolute Gasteiger partial charge is 0.332 e. The molecule has 2 heterocycles. The number of rotatable bonds is 13. The lowest BCUT2D eigenvalue weighted by atomic mass is 10.0. The third-order valence-electron chi connectivity index (χ3n) is 6.58. The molecule has 1 aliphatic heterocycles. The fourth-order valence-corrected chi connectivity index (χ4v) is 5.93. The van der Waals surface area contributed by atoms with Gasteiger partial charge in [-0.1, -0.05) is 76.3 Å². The first-order valence-corrected chi connectivity index (χ1v) is 15.0. The lowest BCUT2D eigenvalue weighted by Crippen LogP contribution is -2.36. The molecule has 1 N–H and O–H groups in total. The molecular weight excluding hydrogens is 525 g/mol. The van der Waals surface area contributed by atoms with Crippen molar-refractivity contribution in [1.82, 2.24) is 9.88 Å². The molecule has 1 fully saturated rings. The molecule has 3 rings (SSSR count). The van der Waals surface area contributed by atoms with Gasteiger partial charge in [0.15, 0.2) is 10.3 Å². The monoisotopic (exact) mass is 564 g/mol. The number of halogens is 3. The topological polar surface area (TPSA) is 40.5 Å². The maximum absolute atomic E-state index is 13.0. The summed E-state index contributed by atoms with van der Waals surface area (Å²) in [5.41, 5.74) is 2.27. The summed E-state index contributed by atoms with van der Waals surface area (Å²) in [5.74, 6) is 0. The number of aromatic nitrogens is 1. The summed E-state index contributed by atoms with van der Waals surface area (Å²) in [7, 11) is 0. The number of aryl methyl sites for hydroxylation is 2. The Hall–Kier alpha value is -2.13. The lowest BCUT2D eigenvalue weighted by Gasteiger charge is -2.20. The maximum atomic E-state index is 13.0. The predicted octanol–water partition coefficient (Wildman–Crippen LogP) is 8.52. The summed E-state index contributed by atoms with van der Waals surface area (Å²) in [6.07, 6.45) is 9.34. The Balaban J connectivity index is 1.31. The van der Waals surface area contributed by atoms with Crippen molar-refractivity contribution in [3.8, 4) is 0 Å². The molecule has 0 bridgehead atoms. The van der Waals surface area contributed by atoms with E-state index in [4.69, 9.17) is 17.2 Å². The minimum atomic E-state index is -4.39. The molecule has 9 heteroatoms. The van der Waals surface area contributed by atoms with Gasteiger partial charge in [-0.2, -0.15) is 13.2 Å². The summed E-state index contributed by atoms with van der Waals surface area (Å²) in [4.78, 5) is 11.1. The normalized spacial score (nSPS) is 16.8. The van der Waals surface area contributed by atoms with Crippen LogP contribution in [0.5, 0.6) is 0 Å². The molecule has 1 aliphatic rings. The van der Waals surface area contributed by atoms with Crippen LogP contribution in [0, 0.1) is 0 Å². The number of hydrogen-bond donors (Lipinski definition) is 1. The number of thiocarbonyl (C=S) groups is 1. The van der Waals surface area contributed by atoms with Gasteiger partial charge in [-0.15, -0.1) is 0 Å². The molecule has 38 heavy (non-hydrogen) atoms. The average molecular weight is 565 g/mol.